The second-order valence-corrected chi connectivity index (χ2v) is 7.53. The largest absolute Gasteiger partial charge is 0.339 e. The standard InChI is InChI=1S/C22H31N3O.ClH/c1-16-7-5-6-8-21(16)25-17(2)15-20(18(25)3)22(26)24-13-10-19(11-14-24)9-12-23-4;/h5-8,15,19,23H,9-14H2,1-4H3;1H. The van der Waals surface area contributed by atoms with Crippen molar-refractivity contribution in [1.29, 1.82) is 0 Å². The lowest BCUT2D eigenvalue weighted by Crippen LogP contribution is -2.39. The van der Waals surface area contributed by atoms with Crippen molar-refractivity contribution in [2.75, 3.05) is 26.7 Å². The fourth-order valence-electron chi connectivity index (χ4n) is 4.11. The number of likely N-dealkylation sites (tertiary alicyclic amines) is 1. The summed E-state index contributed by atoms with van der Waals surface area (Å²) >= 11 is 0. The summed E-state index contributed by atoms with van der Waals surface area (Å²) in [5, 5.41) is 3.23. The number of rotatable bonds is 5. The van der Waals surface area contributed by atoms with Gasteiger partial charge in [0.05, 0.1) is 5.56 Å². The molecule has 0 bridgehead atoms. The molecule has 1 fully saturated rings. The van der Waals surface area contributed by atoms with Gasteiger partial charge in [-0.05, 0) is 77.2 Å². The van der Waals surface area contributed by atoms with Gasteiger partial charge in [-0.3, -0.25) is 4.79 Å². The number of carbonyl (C=O) groups excluding carboxylic acids is 1. The molecule has 1 amide bonds. The van der Waals surface area contributed by atoms with Crippen LogP contribution in [0.3, 0.4) is 0 Å². The summed E-state index contributed by atoms with van der Waals surface area (Å²) in [6.07, 6.45) is 3.44. The first-order valence-corrected chi connectivity index (χ1v) is 9.71. The van der Waals surface area contributed by atoms with Gasteiger partial charge in [-0.2, -0.15) is 0 Å². The third-order valence-corrected chi connectivity index (χ3v) is 5.72. The van der Waals surface area contributed by atoms with Gasteiger partial charge < -0.3 is 14.8 Å². The minimum absolute atomic E-state index is 0. The first-order chi connectivity index (χ1) is 12.5. The first kappa shape index (κ1) is 21.5. The zero-order chi connectivity index (χ0) is 18.7. The number of aromatic nitrogens is 1. The zero-order valence-corrected chi connectivity index (χ0v) is 17.7. The van der Waals surface area contributed by atoms with Gasteiger partial charge in [-0.15, -0.1) is 12.4 Å². The summed E-state index contributed by atoms with van der Waals surface area (Å²) in [6, 6.07) is 10.4. The van der Waals surface area contributed by atoms with Gasteiger partial charge in [0.15, 0.2) is 0 Å². The Kier molecular flexibility index (Phi) is 7.51. The quantitative estimate of drug-likeness (QED) is 0.828. The van der Waals surface area contributed by atoms with E-state index in [0.29, 0.717) is 0 Å². The monoisotopic (exact) mass is 389 g/mol. The zero-order valence-electron chi connectivity index (χ0n) is 16.9. The molecule has 1 aromatic heterocycles. The van der Waals surface area contributed by atoms with Crippen molar-refractivity contribution < 1.29 is 4.79 Å². The van der Waals surface area contributed by atoms with Crippen LogP contribution in [0.2, 0.25) is 0 Å². The summed E-state index contributed by atoms with van der Waals surface area (Å²) in [6.45, 7) is 9.08. The molecule has 5 heteroatoms. The molecule has 148 valence electrons. The summed E-state index contributed by atoms with van der Waals surface area (Å²) in [7, 11) is 2.00. The Morgan fingerprint density at radius 3 is 2.44 bits per heavy atom. The minimum Gasteiger partial charge on any atom is -0.339 e. The Hall–Kier alpha value is -1.78. The maximum atomic E-state index is 13.1. The van der Waals surface area contributed by atoms with Gasteiger partial charge in [0, 0.05) is 30.2 Å². The van der Waals surface area contributed by atoms with E-state index in [4.69, 9.17) is 0 Å². The predicted octanol–water partition coefficient (Wildman–Crippen LogP) is 4.29. The number of para-hydroxylation sites is 1. The Labute approximate surface area is 169 Å². The molecule has 1 aromatic carbocycles. The molecule has 0 radical (unpaired) electrons. The van der Waals surface area contributed by atoms with Gasteiger partial charge in [-0.1, -0.05) is 18.2 Å². The maximum Gasteiger partial charge on any atom is 0.255 e. The Balaban J connectivity index is 0.00000261. The van der Waals surface area contributed by atoms with E-state index in [-0.39, 0.29) is 18.3 Å². The molecule has 0 atom stereocenters. The second kappa shape index (κ2) is 9.43. The summed E-state index contributed by atoms with van der Waals surface area (Å²) in [5.74, 6) is 0.927. The van der Waals surface area contributed by atoms with Crippen LogP contribution in [0.1, 0.15) is 46.6 Å². The first-order valence-electron chi connectivity index (χ1n) is 9.71. The smallest absolute Gasteiger partial charge is 0.255 e. The summed E-state index contributed by atoms with van der Waals surface area (Å²) in [4.78, 5) is 15.2. The van der Waals surface area contributed by atoms with Crippen LogP contribution in [0.15, 0.2) is 30.3 Å². The van der Waals surface area contributed by atoms with Gasteiger partial charge in [0.1, 0.15) is 0 Å². The predicted molar refractivity (Wildman–Crippen MR) is 114 cm³/mol. The molecule has 0 saturated carbocycles. The lowest BCUT2D eigenvalue weighted by Gasteiger charge is -2.32. The van der Waals surface area contributed by atoms with Crippen LogP contribution in [0.5, 0.6) is 0 Å². The molecular weight excluding hydrogens is 358 g/mol. The Bertz CT molecular complexity index is 776. The molecule has 1 aliphatic rings. The highest BCUT2D eigenvalue weighted by atomic mass is 35.5. The minimum atomic E-state index is 0. The van der Waals surface area contributed by atoms with Crippen LogP contribution in [-0.2, 0) is 0 Å². The fourth-order valence-corrected chi connectivity index (χ4v) is 4.11. The number of nitrogens with one attached hydrogen (secondary N) is 1. The lowest BCUT2D eigenvalue weighted by atomic mass is 9.93. The highest BCUT2D eigenvalue weighted by Crippen LogP contribution is 2.26. The van der Waals surface area contributed by atoms with E-state index in [1.165, 1.54) is 12.0 Å². The van der Waals surface area contributed by atoms with Crippen LogP contribution >= 0.6 is 12.4 Å². The van der Waals surface area contributed by atoms with Gasteiger partial charge in [-0.25, -0.2) is 0 Å². The highest BCUT2D eigenvalue weighted by Gasteiger charge is 2.26. The number of halogens is 1. The van der Waals surface area contributed by atoms with Crippen molar-refractivity contribution in [3.8, 4) is 5.69 Å². The number of aryl methyl sites for hydroxylation is 2. The van der Waals surface area contributed by atoms with Gasteiger partial charge >= 0.3 is 0 Å². The van der Waals surface area contributed by atoms with Crippen LogP contribution in [0, 0.1) is 26.7 Å². The molecule has 4 nitrogen and oxygen atoms in total. The molecule has 0 aliphatic carbocycles. The van der Waals surface area contributed by atoms with E-state index in [0.717, 1.165) is 61.0 Å². The lowest BCUT2D eigenvalue weighted by molar-refractivity contribution is 0.0686. The van der Waals surface area contributed by atoms with E-state index in [9.17, 15) is 4.79 Å². The molecule has 27 heavy (non-hydrogen) atoms. The Morgan fingerprint density at radius 2 is 1.81 bits per heavy atom. The van der Waals surface area contributed by atoms with E-state index in [1.807, 2.05) is 11.9 Å². The third-order valence-electron chi connectivity index (χ3n) is 5.72. The van der Waals surface area contributed by atoms with Crippen LogP contribution in [0.4, 0.5) is 0 Å². The van der Waals surface area contributed by atoms with Crippen molar-refractivity contribution in [2.45, 2.75) is 40.0 Å². The van der Waals surface area contributed by atoms with Crippen molar-refractivity contribution in [1.82, 2.24) is 14.8 Å². The summed E-state index contributed by atoms with van der Waals surface area (Å²) < 4.78 is 2.21. The molecule has 1 aliphatic heterocycles. The molecule has 1 N–H and O–H groups in total. The molecule has 1 saturated heterocycles. The number of amides is 1. The Morgan fingerprint density at radius 1 is 1.15 bits per heavy atom. The number of benzene rings is 1. The van der Waals surface area contributed by atoms with Gasteiger partial charge in [0.25, 0.3) is 5.91 Å². The van der Waals surface area contributed by atoms with Crippen molar-refractivity contribution in [3.05, 3.63) is 52.8 Å². The van der Waals surface area contributed by atoms with Crippen LogP contribution < -0.4 is 5.32 Å². The molecule has 2 aromatic rings. The van der Waals surface area contributed by atoms with Gasteiger partial charge in [0.2, 0.25) is 0 Å². The van der Waals surface area contributed by atoms with Crippen LogP contribution in [-0.4, -0.2) is 42.1 Å². The van der Waals surface area contributed by atoms with Crippen LogP contribution in [0.25, 0.3) is 5.69 Å². The fraction of sp³-hybridized carbons (Fsp3) is 0.500. The number of piperidine rings is 1. The number of nitrogens with zero attached hydrogens (tertiary/aromatic N) is 2. The molecule has 2 heterocycles. The molecular formula is C22H32ClN3O. The van der Waals surface area contributed by atoms with Crippen molar-refractivity contribution >= 4 is 18.3 Å². The topological polar surface area (TPSA) is 37.3 Å². The molecule has 0 spiro atoms. The number of hydrogen-bond donors (Lipinski definition) is 1. The van der Waals surface area contributed by atoms with E-state index >= 15 is 0 Å². The second-order valence-electron chi connectivity index (χ2n) is 7.53. The number of carbonyl (C=O) groups is 1. The molecule has 0 unspecified atom stereocenters. The highest BCUT2D eigenvalue weighted by molar-refractivity contribution is 5.96. The normalized spacial score (nSPS) is 14.9. The summed E-state index contributed by atoms with van der Waals surface area (Å²) in [5.41, 5.74) is 5.38. The molecule has 3 rings (SSSR count). The van der Waals surface area contributed by atoms with E-state index in [1.54, 1.807) is 0 Å². The van der Waals surface area contributed by atoms with Crippen molar-refractivity contribution in [2.24, 2.45) is 5.92 Å². The SMILES string of the molecule is CNCCC1CCN(C(=O)c2cc(C)n(-c3ccccc3C)c2C)CC1.Cl. The third kappa shape index (κ3) is 4.56. The number of hydrogen-bond acceptors (Lipinski definition) is 2. The average molecular weight is 390 g/mol. The van der Waals surface area contributed by atoms with E-state index in [2.05, 4.69) is 61.0 Å². The van der Waals surface area contributed by atoms with E-state index < -0.39 is 0 Å². The van der Waals surface area contributed by atoms with Crippen molar-refractivity contribution in [3.63, 3.8) is 0 Å². The maximum absolute atomic E-state index is 13.1. The average Bonchev–Trinajstić information content (AvgIpc) is 2.94.